The van der Waals surface area contributed by atoms with Gasteiger partial charge in [-0.05, 0) is 6.07 Å². The molecular weight excluding hydrogens is 265 g/mol. The third-order valence-corrected chi connectivity index (χ3v) is 3.42. The molecular formula is C8H8ClF3N2OS. The van der Waals surface area contributed by atoms with E-state index in [0.29, 0.717) is 12.3 Å². The number of hydrogen-bond donors (Lipinski definition) is 1. The molecule has 0 aromatic carbocycles. The van der Waals surface area contributed by atoms with Crippen molar-refractivity contribution in [3.8, 4) is 0 Å². The van der Waals surface area contributed by atoms with Crippen molar-refractivity contribution in [3.63, 3.8) is 0 Å². The number of aromatic nitrogens is 1. The first kappa shape index (κ1) is 13.4. The highest BCUT2D eigenvalue weighted by atomic mass is 35.5. The van der Waals surface area contributed by atoms with E-state index >= 15 is 0 Å². The van der Waals surface area contributed by atoms with Crippen LogP contribution >= 0.6 is 11.6 Å². The molecule has 1 heterocycles. The Hall–Kier alpha value is -0.660. The summed E-state index contributed by atoms with van der Waals surface area (Å²) in [5, 5.41) is -0.332. The molecule has 1 rings (SSSR count). The third-order valence-electron chi connectivity index (χ3n) is 1.65. The molecule has 0 amide bonds. The van der Waals surface area contributed by atoms with Crippen LogP contribution in [-0.4, -0.2) is 21.5 Å². The Morgan fingerprint density at radius 1 is 1.50 bits per heavy atom. The molecule has 90 valence electrons. The predicted molar refractivity (Wildman–Crippen MR) is 54.6 cm³/mol. The van der Waals surface area contributed by atoms with Crippen LogP contribution in [0.1, 0.15) is 5.56 Å². The molecule has 0 spiro atoms. The number of hydrogen-bond acceptors (Lipinski definition) is 3. The Labute approximate surface area is 97.3 Å². The van der Waals surface area contributed by atoms with E-state index in [2.05, 4.69) is 4.98 Å². The Kier molecular flexibility index (Phi) is 4.28. The molecule has 1 aromatic heterocycles. The summed E-state index contributed by atoms with van der Waals surface area (Å²) in [5.41, 5.74) is 4.21. The van der Waals surface area contributed by atoms with Crippen molar-refractivity contribution in [3.05, 3.63) is 22.8 Å². The molecule has 16 heavy (non-hydrogen) atoms. The third kappa shape index (κ3) is 3.16. The van der Waals surface area contributed by atoms with Crippen LogP contribution in [-0.2, 0) is 17.0 Å². The lowest BCUT2D eigenvalue weighted by atomic mass is 10.3. The van der Waals surface area contributed by atoms with E-state index in [0.717, 1.165) is 0 Å². The largest absolute Gasteiger partial charge is 0.417 e. The minimum Gasteiger partial charge on any atom is -0.330 e. The van der Waals surface area contributed by atoms with Gasteiger partial charge in [0, 0.05) is 18.5 Å². The highest BCUT2D eigenvalue weighted by Gasteiger charge is 2.31. The molecule has 1 atom stereocenters. The van der Waals surface area contributed by atoms with Crippen molar-refractivity contribution in [1.29, 1.82) is 0 Å². The van der Waals surface area contributed by atoms with Crippen molar-refractivity contribution in [2.24, 2.45) is 5.73 Å². The maximum absolute atomic E-state index is 12.3. The van der Waals surface area contributed by atoms with Gasteiger partial charge < -0.3 is 5.73 Å². The smallest absolute Gasteiger partial charge is 0.330 e. The summed E-state index contributed by atoms with van der Waals surface area (Å²) in [7, 11) is -1.57. The normalized spacial score (nSPS) is 13.8. The zero-order valence-corrected chi connectivity index (χ0v) is 9.49. The van der Waals surface area contributed by atoms with Crippen LogP contribution in [0.4, 0.5) is 13.2 Å². The zero-order valence-electron chi connectivity index (χ0n) is 7.92. The Balaban J connectivity index is 3.05. The van der Waals surface area contributed by atoms with Crippen LogP contribution in [0.25, 0.3) is 0 Å². The molecule has 2 N–H and O–H groups in total. The lowest BCUT2D eigenvalue weighted by Gasteiger charge is -2.08. The Morgan fingerprint density at radius 2 is 2.12 bits per heavy atom. The summed E-state index contributed by atoms with van der Waals surface area (Å²) in [4.78, 5) is 3.46. The molecule has 0 fully saturated rings. The van der Waals surface area contributed by atoms with Gasteiger partial charge in [0.1, 0.15) is 5.03 Å². The molecule has 1 aromatic rings. The average molecular weight is 273 g/mol. The number of pyridine rings is 1. The molecule has 0 saturated heterocycles. The summed E-state index contributed by atoms with van der Waals surface area (Å²) in [6.45, 7) is 0.144. The summed E-state index contributed by atoms with van der Waals surface area (Å²) in [6.07, 6.45) is -3.90. The minimum absolute atomic E-state index is 0.0693. The monoisotopic (exact) mass is 272 g/mol. The van der Waals surface area contributed by atoms with E-state index in [9.17, 15) is 17.4 Å². The lowest BCUT2D eigenvalue weighted by molar-refractivity contribution is -0.137. The van der Waals surface area contributed by atoms with Crippen LogP contribution in [0, 0.1) is 0 Å². The van der Waals surface area contributed by atoms with Crippen molar-refractivity contribution >= 4 is 22.4 Å². The Morgan fingerprint density at radius 3 is 2.56 bits per heavy atom. The van der Waals surface area contributed by atoms with Gasteiger partial charge in [-0.1, -0.05) is 11.6 Å². The topological polar surface area (TPSA) is 56.0 Å². The maximum atomic E-state index is 12.3. The van der Waals surface area contributed by atoms with Crippen molar-refractivity contribution < 1.29 is 17.4 Å². The summed E-state index contributed by atoms with van der Waals surface area (Å²) >= 11 is 5.57. The maximum Gasteiger partial charge on any atom is 0.417 e. The lowest BCUT2D eigenvalue weighted by Crippen LogP contribution is -2.13. The minimum atomic E-state index is -4.51. The first-order valence-electron chi connectivity index (χ1n) is 4.17. The fourth-order valence-corrected chi connectivity index (χ4v) is 2.23. The summed E-state index contributed by atoms with van der Waals surface area (Å²) in [6, 6.07) is 0.707. The molecule has 0 radical (unpaired) electrons. The van der Waals surface area contributed by atoms with Gasteiger partial charge in [-0.2, -0.15) is 13.2 Å². The second-order valence-corrected chi connectivity index (χ2v) is 4.74. The van der Waals surface area contributed by atoms with Crippen LogP contribution in [0.2, 0.25) is 5.02 Å². The van der Waals surface area contributed by atoms with Gasteiger partial charge in [-0.25, -0.2) is 4.98 Å². The van der Waals surface area contributed by atoms with Crippen LogP contribution in [0.5, 0.6) is 0 Å². The van der Waals surface area contributed by atoms with Gasteiger partial charge >= 0.3 is 6.18 Å². The molecule has 1 unspecified atom stereocenters. The van der Waals surface area contributed by atoms with E-state index in [1.807, 2.05) is 0 Å². The quantitative estimate of drug-likeness (QED) is 0.913. The van der Waals surface area contributed by atoms with Gasteiger partial charge in [-0.15, -0.1) is 0 Å². The van der Waals surface area contributed by atoms with Gasteiger partial charge in [0.2, 0.25) is 0 Å². The first-order valence-corrected chi connectivity index (χ1v) is 5.87. The molecule has 0 aliphatic carbocycles. The number of nitrogens with two attached hydrogens (primary N) is 1. The standard InChI is InChI=1S/C8H8ClF3N2OS/c9-6-3-5(8(10,11)12)4-14-7(6)16(15)2-1-13/h3-4H,1-2,13H2. The van der Waals surface area contributed by atoms with Crippen molar-refractivity contribution in [2.45, 2.75) is 11.2 Å². The second kappa shape index (κ2) is 5.11. The summed E-state index contributed by atoms with van der Waals surface area (Å²) in [5.74, 6) is 0.109. The highest BCUT2D eigenvalue weighted by molar-refractivity contribution is 7.85. The fraction of sp³-hybridized carbons (Fsp3) is 0.375. The van der Waals surface area contributed by atoms with Crippen molar-refractivity contribution in [2.75, 3.05) is 12.3 Å². The van der Waals surface area contributed by atoms with Crippen LogP contribution in [0.3, 0.4) is 0 Å². The fourth-order valence-electron chi connectivity index (χ4n) is 0.952. The number of nitrogens with zero attached hydrogens (tertiary/aromatic N) is 1. The molecule has 0 bridgehead atoms. The van der Waals surface area contributed by atoms with Gasteiger partial charge in [0.25, 0.3) is 0 Å². The van der Waals surface area contributed by atoms with Gasteiger partial charge in [0.05, 0.1) is 21.4 Å². The van der Waals surface area contributed by atoms with Crippen LogP contribution < -0.4 is 5.73 Å². The first-order chi connectivity index (χ1) is 7.36. The molecule has 8 heteroatoms. The average Bonchev–Trinajstić information content (AvgIpc) is 2.16. The van der Waals surface area contributed by atoms with Crippen LogP contribution in [0.15, 0.2) is 17.3 Å². The second-order valence-electron chi connectivity index (χ2n) is 2.85. The predicted octanol–water partition coefficient (Wildman–Crippen LogP) is 1.82. The van der Waals surface area contributed by atoms with E-state index < -0.39 is 22.5 Å². The van der Waals surface area contributed by atoms with E-state index in [-0.39, 0.29) is 22.3 Å². The SMILES string of the molecule is NCCS(=O)c1ncc(C(F)(F)F)cc1Cl. The molecule has 3 nitrogen and oxygen atoms in total. The van der Waals surface area contributed by atoms with E-state index in [4.69, 9.17) is 17.3 Å². The molecule has 0 saturated carbocycles. The number of halogens is 4. The number of alkyl halides is 3. The zero-order chi connectivity index (χ0) is 12.3. The van der Waals surface area contributed by atoms with Gasteiger partial charge in [-0.3, -0.25) is 4.21 Å². The summed E-state index contributed by atoms with van der Waals surface area (Å²) < 4.78 is 48.2. The molecule has 0 aliphatic heterocycles. The molecule has 0 aliphatic rings. The van der Waals surface area contributed by atoms with E-state index in [1.165, 1.54) is 0 Å². The van der Waals surface area contributed by atoms with Gasteiger partial charge in [0.15, 0.2) is 0 Å². The Bertz CT molecular complexity index is 411. The highest BCUT2D eigenvalue weighted by Crippen LogP contribution is 2.31. The number of rotatable bonds is 3. The van der Waals surface area contributed by atoms with Crippen molar-refractivity contribution in [1.82, 2.24) is 4.98 Å². The van der Waals surface area contributed by atoms with E-state index in [1.54, 1.807) is 0 Å².